The van der Waals surface area contributed by atoms with E-state index in [-0.39, 0.29) is 30.6 Å². The number of rotatable bonds is 3. The highest BCUT2D eigenvalue weighted by molar-refractivity contribution is 7.99. The van der Waals surface area contributed by atoms with Crippen LogP contribution in [0.4, 0.5) is 4.79 Å². The number of thioether (sulfide) groups is 1. The van der Waals surface area contributed by atoms with E-state index in [1.54, 1.807) is 16.7 Å². The first-order valence-corrected chi connectivity index (χ1v) is 8.35. The molecule has 1 heterocycles. The summed E-state index contributed by atoms with van der Waals surface area (Å²) in [5.41, 5.74) is 6.04. The molecule has 7 heteroatoms. The fraction of sp³-hybridized carbons (Fsp3) is 0.846. The van der Waals surface area contributed by atoms with Gasteiger partial charge in [0.15, 0.2) is 0 Å². The second-order valence-corrected chi connectivity index (χ2v) is 6.67. The van der Waals surface area contributed by atoms with Crippen molar-refractivity contribution >= 4 is 23.8 Å². The second-order valence-electron chi connectivity index (χ2n) is 5.52. The highest BCUT2D eigenvalue weighted by atomic mass is 32.2. The van der Waals surface area contributed by atoms with Crippen molar-refractivity contribution < 1.29 is 14.7 Å². The van der Waals surface area contributed by atoms with Crippen LogP contribution < -0.4 is 11.1 Å². The molecular weight excluding hydrogens is 278 g/mol. The van der Waals surface area contributed by atoms with Crippen molar-refractivity contribution in [3.05, 3.63) is 0 Å². The maximum atomic E-state index is 12.4. The largest absolute Gasteiger partial charge is 0.481 e. The van der Waals surface area contributed by atoms with Crippen molar-refractivity contribution in [2.45, 2.75) is 50.2 Å². The molecule has 1 saturated heterocycles. The summed E-state index contributed by atoms with van der Waals surface area (Å²) < 4.78 is 0. The molecule has 6 nitrogen and oxygen atoms in total. The third-order valence-corrected chi connectivity index (χ3v) is 5.12. The van der Waals surface area contributed by atoms with Crippen molar-refractivity contribution in [1.82, 2.24) is 10.2 Å². The van der Waals surface area contributed by atoms with Gasteiger partial charge in [-0.2, -0.15) is 11.8 Å². The predicted octanol–water partition coefficient (Wildman–Crippen LogP) is 0.858. The predicted molar refractivity (Wildman–Crippen MR) is 78.8 cm³/mol. The number of amides is 2. The molecule has 0 aromatic rings. The lowest BCUT2D eigenvalue weighted by atomic mass is 9.91. The molecule has 0 spiro atoms. The number of hydrogen-bond donors (Lipinski definition) is 3. The lowest BCUT2D eigenvalue weighted by Crippen LogP contribution is -2.57. The minimum atomic E-state index is -0.857. The topological polar surface area (TPSA) is 95.7 Å². The molecule has 3 atom stereocenters. The minimum absolute atomic E-state index is 0.0111. The van der Waals surface area contributed by atoms with Gasteiger partial charge in [-0.15, -0.1) is 0 Å². The zero-order chi connectivity index (χ0) is 14.5. The molecule has 0 aromatic heterocycles. The SMILES string of the molecule is NC1CCCCC1NC(=O)N1CCSCC1CC(=O)O. The summed E-state index contributed by atoms with van der Waals surface area (Å²) in [6.07, 6.45) is 4.08. The zero-order valence-electron chi connectivity index (χ0n) is 11.6. The van der Waals surface area contributed by atoms with Gasteiger partial charge >= 0.3 is 12.0 Å². The van der Waals surface area contributed by atoms with E-state index >= 15 is 0 Å². The number of aliphatic carboxylic acids is 1. The third kappa shape index (κ3) is 4.02. The quantitative estimate of drug-likeness (QED) is 0.718. The number of carboxylic acid groups (broad SMARTS) is 1. The Morgan fingerprint density at radius 1 is 1.35 bits per heavy atom. The van der Waals surface area contributed by atoms with Crippen molar-refractivity contribution in [2.24, 2.45) is 5.73 Å². The molecule has 114 valence electrons. The first-order valence-electron chi connectivity index (χ1n) is 7.20. The Bertz CT molecular complexity index is 367. The lowest BCUT2D eigenvalue weighted by molar-refractivity contribution is -0.138. The van der Waals surface area contributed by atoms with Crippen LogP contribution >= 0.6 is 11.8 Å². The lowest BCUT2D eigenvalue weighted by Gasteiger charge is -2.37. The Labute approximate surface area is 123 Å². The van der Waals surface area contributed by atoms with Crippen molar-refractivity contribution in [1.29, 1.82) is 0 Å². The molecule has 3 unspecified atom stereocenters. The molecule has 20 heavy (non-hydrogen) atoms. The number of urea groups is 1. The van der Waals surface area contributed by atoms with E-state index in [1.807, 2.05) is 0 Å². The van der Waals surface area contributed by atoms with Crippen LogP contribution in [0.1, 0.15) is 32.1 Å². The van der Waals surface area contributed by atoms with Gasteiger partial charge in [-0.25, -0.2) is 4.79 Å². The molecule has 4 N–H and O–H groups in total. The smallest absolute Gasteiger partial charge is 0.317 e. The van der Waals surface area contributed by atoms with Gasteiger partial charge < -0.3 is 21.1 Å². The van der Waals surface area contributed by atoms with Crippen LogP contribution in [0.3, 0.4) is 0 Å². The van der Waals surface area contributed by atoms with Crippen LogP contribution in [0.2, 0.25) is 0 Å². The highest BCUT2D eigenvalue weighted by Gasteiger charge is 2.31. The maximum absolute atomic E-state index is 12.4. The highest BCUT2D eigenvalue weighted by Crippen LogP contribution is 2.21. The van der Waals surface area contributed by atoms with Crippen molar-refractivity contribution in [3.63, 3.8) is 0 Å². The Morgan fingerprint density at radius 3 is 2.80 bits per heavy atom. The molecule has 1 saturated carbocycles. The second kappa shape index (κ2) is 7.17. The van der Waals surface area contributed by atoms with Gasteiger partial charge in [0.2, 0.25) is 0 Å². The molecule has 2 aliphatic rings. The third-order valence-electron chi connectivity index (χ3n) is 4.03. The van der Waals surface area contributed by atoms with Gasteiger partial charge in [0.1, 0.15) is 0 Å². The van der Waals surface area contributed by atoms with Gasteiger partial charge in [-0.1, -0.05) is 12.8 Å². The van der Waals surface area contributed by atoms with Crippen LogP contribution in [0.25, 0.3) is 0 Å². The fourth-order valence-electron chi connectivity index (χ4n) is 2.87. The monoisotopic (exact) mass is 301 g/mol. The standard InChI is InChI=1S/C13H23N3O3S/c14-10-3-1-2-4-11(10)15-13(19)16-5-6-20-8-9(16)7-12(17)18/h9-11H,1-8,14H2,(H,15,19)(H,17,18). The Morgan fingerprint density at radius 2 is 2.10 bits per heavy atom. The molecule has 0 bridgehead atoms. The zero-order valence-corrected chi connectivity index (χ0v) is 12.4. The molecule has 0 aromatic carbocycles. The van der Waals surface area contributed by atoms with E-state index in [0.29, 0.717) is 12.3 Å². The van der Waals surface area contributed by atoms with E-state index < -0.39 is 5.97 Å². The van der Waals surface area contributed by atoms with Crippen molar-refractivity contribution in [3.8, 4) is 0 Å². The van der Waals surface area contributed by atoms with Crippen molar-refractivity contribution in [2.75, 3.05) is 18.1 Å². The minimum Gasteiger partial charge on any atom is -0.481 e. The number of nitrogens with two attached hydrogens (primary N) is 1. The van der Waals surface area contributed by atoms with Crippen LogP contribution in [-0.2, 0) is 4.79 Å². The van der Waals surface area contributed by atoms with E-state index in [1.165, 1.54) is 0 Å². The summed E-state index contributed by atoms with van der Waals surface area (Å²) >= 11 is 1.70. The number of nitrogens with one attached hydrogen (secondary N) is 1. The van der Waals surface area contributed by atoms with Gasteiger partial charge in [0.05, 0.1) is 12.5 Å². The number of hydrogen-bond acceptors (Lipinski definition) is 4. The average Bonchev–Trinajstić information content (AvgIpc) is 2.41. The Kier molecular flexibility index (Phi) is 5.54. The first kappa shape index (κ1) is 15.4. The fourth-order valence-corrected chi connectivity index (χ4v) is 3.94. The van der Waals surface area contributed by atoms with Crippen LogP contribution in [0.5, 0.6) is 0 Å². The van der Waals surface area contributed by atoms with Gasteiger partial charge in [-0.05, 0) is 12.8 Å². The summed E-state index contributed by atoms with van der Waals surface area (Å²) in [5, 5.41) is 11.9. The normalized spacial score (nSPS) is 30.9. The van der Waals surface area contributed by atoms with E-state index in [0.717, 1.165) is 31.4 Å². The van der Waals surface area contributed by atoms with Crippen LogP contribution in [0.15, 0.2) is 0 Å². The maximum Gasteiger partial charge on any atom is 0.317 e. The molecule has 1 aliphatic carbocycles. The number of carbonyl (C=O) groups is 2. The van der Waals surface area contributed by atoms with E-state index in [9.17, 15) is 9.59 Å². The molecule has 1 aliphatic heterocycles. The van der Waals surface area contributed by atoms with Crippen LogP contribution in [-0.4, -0.2) is 58.2 Å². The molecular formula is C13H23N3O3S. The number of carboxylic acids is 1. The summed E-state index contributed by atoms with van der Waals surface area (Å²) in [6.45, 7) is 0.608. The number of nitrogens with zero attached hydrogens (tertiary/aromatic N) is 1. The summed E-state index contributed by atoms with van der Waals surface area (Å²) in [5.74, 6) is 0.695. The molecule has 0 radical (unpaired) electrons. The Balaban J connectivity index is 1.93. The Hall–Kier alpha value is -0.950. The molecule has 2 rings (SSSR count). The van der Waals surface area contributed by atoms with Gasteiger partial charge in [0.25, 0.3) is 0 Å². The summed E-state index contributed by atoms with van der Waals surface area (Å²) in [6, 6.07) is -0.328. The molecule has 2 amide bonds. The molecule has 2 fully saturated rings. The first-order chi connectivity index (χ1) is 9.58. The average molecular weight is 301 g/mol. The number of carbonyl (C=O) groups excluding carboxylic acids is 1. The van der Waals surface area contributed by atoms with Gasteiger partial charge in [-0.3, -0.25) is 4.79 Å². The summed E-state index contributed by atoms with van der Waals surface area (Å²) in [4.78, 5) is 24.9. The van der Waals surface area contributed by atoms with Crippen LogP contribution in [0, 0.1) is 0 Å². The summed E-state index contributed by atoms with van der Waals surface area (Å²) in [7, 11) is 0. The van der Waals surface area contributed by atoms with E-state index in [4.69, 9.17) is 10.8 Å². The van der Waals surface area contributed by atoms with E-state index in [2.05, 4.69) is 5.32 Å². The van der Waals surface area contributed by atoms with Gasteiger partial charge in [0, 0.05) is 30.1 Å².